The van der Waals surface area contributed by atoms with E-state index in [9.17, 15) is 8.42 Å². The van der Waals surface area contributed by atoms with Crippen LogP contribution in [-0.4, -0.2) is 30.7 Å². The van der Waals surface area contributed by atoms with Crippen molar-refractivity contribution in [2.75, 3.05) is 11.8 Å². The molecule has 0 atom stereocenters. The Kier molecular flexibility index (Phi) is 5.39. The Morgan fingerprint density at radius 3 is 2.47 bits per heavy atom. The molecule has 0 fully saturated rings. The Balaban J connectivity index is 1.66. The van der Waals surface area contributed by atoms with Crippen LogP contribution in [0.1, 0.15) is 0 Å². The Bertz CT molecular complexity index is 1280. The molecule has 0 aliphatic heterocycles. The lowest BCUT2D eigenvalue weighted by atomic mass is 10.2. The average molecular weight is 443 g/mol. The van der Waals surface area contributed by atoms with E-state index < -0.39 is 10.0 Å². The molecular weight excluding hydrogens is 428 g/mol. The van der Waals surface area contributed by atoms with E-state index in [-0.39, 0.29) is 27.5 Å². The summed E-state index contributed by atoms with van der Waals surface area (Å²) in [6.45, 7) is 0. The molecule has 2 aromatic carbocycles. The van der Waals surface area contributed by atoms with Gasteiger partial charge in [0.2, 0.25) is 11.8 Å². The van der Waals surface area contributed by atoms with Gasteiger partial charge >= 0.3 is 0 Å². The summed E-state index contributed by atoms with van der Waals surface area (Å²) in [6, 6.07) is 16.2. The third kappa shape index (κ3) is 4.12. The highest BCUT2D eigenvalue weighted by molar-refractivity contribution is 7.92. The number of rotatable bonds is 6. The molecule has 0 unspecified atom stereocenters. The number of hydrogen-bond donors (Lipinski definition) is 1. The summed E-state index contributed by atoms with van der Waals surface area (Å²) in [7, 11) is -2.31. The molecule has 4 rings (SSSR count). The first-order valence-electron chi connectivity index (χ1n) is 8.68. The fourth-order valence-electron chi connectivity index (χ4n) is 2.64. The van der Waals surface area contributed by atoms with Gasteiger partial charge < -0.3 is 9.15 Å². The lowest BCUT2D eigenvalue weighted by Gasteiger charge is -2.08. The van der Waals surface area contributed by atoms with Gasteiger partial charge in [0.25, 0.3) is 10.0 Å². The summed E-state index contributed by atoms with van der Waals surface area (Å²) in [5, 5.41) is 8.32. The van der Waals surface area contributed by atoms with Gasteiger partial charge in [0, 0.05) is 11.8 Å². The normalized spacial score (nSPS) is 11.3. The maximum absolute atomic E-state index is 12.7. The smallest absolute Gasteiger partial charge is 0.263 e. The van der Waals surface area contributed by atoms with Crippen LogP contribution in [0.25, 0.3) is 22.9 Å². The van der Waals surface area contributed by atoms with Crippen molar-refractivity contribution in [1.82, 2.24) is 15.2 Å². The van der Waals surface area contributed by atoms with Gasteiger partial charge in [0.1, 0.15) is 11.6 Å². The molecule has 152 valence electrons. The molecule has 2 heterocycles. The maximum Gasteiger partial charge on any atom is 0.263 e. The summed E-state index contributed by atoms with van der Waals surface area (Å²) in [5.74, 6) is 1.26. The summed E-state index contributed by atoms with van der Waals surface area (Å²) in [5.41, 5.74) is 0.985. The second-order valence-corrected chi connectivity index (χ2v) is 8.19. The number of ether oxygens (including phenoxy) is 1. The largest absolute Gasteiger partial charge is 0.497 e. The summed E-state index contributed by atoms with van der Waals surface area (Å²) < 4.78 is 38.7. The number of pyridine rings is 1. The molecule has 2 aromatic heterocycles. The number of sulfonamides is 1. The van der Waals surface area contributed by atoms with Crippen molar-refractivity contribution in [2.45, 2.75) is 4.90 Å². The van der Waals surface area contributed by atoms with Gasteiger partial charge in [0.05, 0.1) is 22.6 Å². The molecule has 8 nitrogen and oxygen atoms in total. The zero-order valence-corrected chi connectivity index (χ0v) is 17.2. The van der Waals surface area contributed by atoms with Crippen LogP contribution in [0.4, 0.5) is 5.82 Å². The van der Waals surface area contributed by atoms with E-state index >= 15 is 0 Å². The minimum absolute atomic E-state index is 0.0169. The van der Waals surface area contributed by atoms with Crippen molar-refractivity contribution in [3.8, 4) is 28.7 Å². The Morgan fingerprint density at radius 1 is 1.00 bits per heavy atom. The first kappa shape index (κ1) is 19.9. The summed E-state index contributed by atoms with van der Waals surface area (Å²) >= 11 is 6.26. The maximum atomic E-state index is 12.7. The molecule has 4 aromatic rings. The molecular formula is C20H15ClN4O4S. The van der Waals surface area contributed by atoms with Crippen LogP contribution in [0.5, 0.6) is 5.75 Å². The second-order valence-electron chi connectivity index (χ2n) is 6.10. The Labute approximate surface area is 177 Å². The highest BCUT2D eigenvalue weighted by Gasteiger charge is 2.20. The SMILES string of the molecule is COc1ccc(-c2nnc(-c3cc(S(=O)(=O)Nc4ccccn4)ccc3Cl)o2)cc1. The van der Waals surface area contributed by atoms with Gasteiger partial charge in [0.15, 0.2) is 0 Å². The quantitative estimate of drug-likeness (QED) is 0.475. The van der Waals surface area contributed by atoms with Crippen molar-refractivity contribution in [2.24, 2.45) is 0 Å². The van der Waals surface area contributed by atoms with Crippen LogP contribution in [-0.2, 0) is 10.0 Å². The number of anilines is 1. The zero-order chi connectivity index (χ0) is 21.1. The van der Waals surface area contributed by atoms with E-state index in [0.717, 1.165) is 0 Å². The van der Waals surface area contributed by atoms with Gasteiger partial charge in [-0.3, -0.25) is 4.72 Å². The number of nitrogens with one attached hydrogen (secondary N) is 1. The zero-order valence-electron chi connectivity index (χ0n) is 15.6. The predicted octanol–water partition coefficient (Wildman–Crippen LogP) is 4.26. The standard InChI is InChI=1S/C20H15ClN4O4S/c1-28-14-7-5-13(6-8-14)19-23-24-20(29-19)16-12-15(9-10-17(16)21)30(26,27)25-18-4-2-3-11-22-18/h2-12H,1H3,(H,22,25). The van der Waals surface area contributed by atoms with Gasteiger partial charge in [-0.2, -0.15) is 0 Å². The number of halogens is 1. The van der Waals surface area contributed by atoms with Crippen LogP contribution >= 0.6 is 11.6 Å². The van der Waals surface area contributed by atoms with Crippen LogP contribution in [0.3, 0.4) is 0 Å². The molecule has 0 aliphatic carbocycles. The van der Waals surface area contributed by atoms with Crippen molar-refractivity contribution in [3.05, 3.63) is 71.9 Å². The van der Waals surface area contributed by atoms with Crippen molar-refractivity contribution in [3.63, 3.8) is 0 Å². The number of benzene rings is 2. The topological polar surface area (TPSA) is 107 Å². The van der Waals surface area contributed by atoms with E-state index in [1.807, 2.05) is 0 Å². The molecule has 0 bridgehead atoms. The number of nitrogens with zero attached hydrogens (tertiary/aromatic N) is 3. The molecule has 0 radical (unpaired) electrons. The van der Waals surface area contributed by atoms with Crippen molar-refractivity contribution >= 4 is 27.4 Å². The molecule has 0 spiro atoms. The van der Waals surface area contributed by atoms with E-state index in [1.54, 1.807) is 49.6 Å². The third-order valence-corrected chi connectivity index (χ3v) is 5.83. The molecule has 10 heteroatoms. The molecule has 0 saturated carbocycles. The highest BCUT2D eigenvalue weighted by Crippen LogP contribution is 2.32. The first-order chi connectivity index (χ1) is 14.5. The van der Waals surface area contributed by atoms with Gasteiger partial charge in [-0.1, -0.05) is 17.7 Å². The molecule has 30 heavy (non-hydrogen) atoms. The first-order valence-corrected chi connectivity index (χ1v) is 10.5. The van der Waals surface area contributed by atoms with Crippen molar-refractivity contribution < 1.29 is 17.6 Å². The highest BCUT2D eigenvalue weighted by atomic mass is 35.5. The molecule has 1 N–H and O–H groups in total. The Hall–Kier alpha value is -3.43. The predicted molar refractivity (Wildman–Crippen MR) is 112 cm³/mol. The summed E-state index contributed by atoms with van der Waals surface area (Å²) in [4.78, 5) is 3.95. The van der Waals surface area contributed by atoms with Crippen LogP contribution in [0.15, 0.2) is 76.2 Å². The van der Waals surface area contributed by atoms with E-state index in [0.29, 0.717) is 16.9 Å². The Morgan fingerprint density at radius 2 is 1.77 bits per heavy atom. The minimum Gasteiger partial charge on any atom is -0.497 e. The monoisotopic (exact) mass is 442 g/mol. The molecule has 0 saturated heterocycles. The van der Waals surface area contributed by atoms with E-state index in [4.69, 9.17) is 20.8 Å². The average Bonchev–Trinajstić information content (AvgIpc) is 3.24. The fourth-order valence-corrected chi connectivity index (χ4v) is 3.87. The molecule has 0 amide bonds. The number of methoxy groups -OCH3 is 1. The lowest BCUT2D eigenvalue weighted by molar-refractivity contribution is 0.415. The molecule has 0 aliphatic rings. The van der Waals surface area contributed by atoms with Gasteiger partial charge in [-0.05, 0) is 54.6 Å². The van der Waals surface area contributed by atoms with Crippen LogP contribution in [0.2, 0.25) is 5.02 Å². The number of aromatic nitrogens is 3. The fraction of sp³-hybridized carbons (Fsp3) is 0.0500. The van der Waals surface area contributed by atoms with E-state index in [1.165, 1.54) is 24.4 Å². The van der Waals surface area contributed by atoms with Crippen molar-refractivity contribution in [1.29, 1.82) is 0 Å². The van der Waals surface area contributed by atoms with E-state index in [2.05, 4.69) is 19.9 Å². The van der Waals surface area contributed by atoms with Gasteiger partial charge in [-0.15, -0.1) is 10.2 Å². The summed E-state index contributed by atoms with van der Waals surface area (Å²) in [6.07, 6.45) is 1.49. The van der Waals surface area contributed by atoms with Crippen LogP contribution < -0.4 is 9.46 Å². The van der Waals surface area contributed by atoms with Gasteiger partial charge in [-0.25, -0.2) is 13.4 Å². The lowest BCUT2D eigenvalue weighted by Crippen LogP contribution is -2.13. The minimum atomic E-state index is -3.89. The second kappa shape index (κ2) is 8.13. The van der Waals surface area contributed by atoms with Crippen LogP contribution in [0, 0.1) is 0 Å². The third-order valence-electron chi connectivity index (χ3n) is 4.14. The number of hydrogen-bond acceptors (Lipinski definition) is 7.